The molecule has 0 bridgehead atoms. The lowest BCUT2D eigenvalue weighted by Crippen LogP contribution is -2.25. The summed E-state index contributed by atoms with van der Waals surface area (Å²) in [7, 11) is -2.40. The summed E-state index contributed by atoms with van der Waals surface area (Å²) in [5.74, 6) is -2.26. The zero-order valence-electron chi connectivity index (χ0n) is 11.6. The van der Waals surface area contributed by atoms with Crippen LogP contribution < -0.4 is 0 Å². The highest BCUT2D eigenvalue weighted by Gasteiger charge is 2.18. The maximum Gasteiger partial charge on any atom is 0.336 e. The van der Waals surface area contributed by atoms with E-state index in [1.165, 1.54) is 14.1 Å². The number of benzene rings is 1. The molecule has 0 aromatic heterocycles. The third-order valence-corrected chi connectivity index (χ3v) is 6.11. The van der Waals surface area contributed by atoms with Gasteiger partial charge in [-0.15, -0.1) is 0 Å². The number of sulfonamides is 1. The number of rotatable bonds is 7. The second kappa shape index (κ2) is 7.10. The number of hydrogen-bond donors (Lipinski definition) is 1. The van der Waals surface area contributed by atoms with Crippen molar-refractivity contribution in [2.75, 3.05) is 25.6 Å². The van der Waals surface area contributed by atoms with Gasteiger partial charge in [-0.2, -0.15) is 0 Å². The first-order valence-corrected chi connectivity index (χ1v) is 8.89. The van der Waals surface area contributed by atoms with Gasteiger partial charge in [0.1, 0.15) is 5.82 Å². The Kier molecular flexibility index (Phi) is 5.99. The van der Waals surface area contributed by atoms with Crippen molar-refractivity contribution >= 4 is 26.8 Å². The molecule has 0 amide bonds. The number of halogens is 1. The first-order valence-electron chi connectivity index (χ1n) is 5.96. The normalized spacial score (nSPS) is 13.3. The van der Waals surface area contributed by atoms with Gasteiger partial charge >= 0.3 is 5.97 Å². The van der Waals surface area contributed by atoms with Crippen molar-refractivity contribution in [3.05, 3.63) is 29.6 Å². The molecule has 1 aromatic carbocycles. The minimum absolute atomic E-state index is 0.0587. The first kappa shape index (κ1) is 17.7. The maximum absolute atomic E-state index is 13.2. The molecule has 0 aliphatic rings. The summed E-state index contributed by atoms with van der Waals surface area (Å²) >= 11 is 0. The van der Waals surface area contributed by atoms with Gasteiger partial charge in [0.15, 0.2) is 0 Å². The summed E-state index contributed by atoms with van der Waals surface area (Å²) in [5, 5.41) is 8.97. The lowest BCUT2D eigenvalue weighted by molar-refractivity contribution is 0.0693. The van der Waals surface area contributed by atoms with Crippen LogP contribution in [0.25, 0.3) is 0 Å². The van der Waals surface area contributed by atoms with Gasteiger partial charge in [0.2, 0.25) is 10.0 Å². The van der Waals surface area contributed by atoms with Gasteiger partial charge in [0, 0.05) is 19.8 Å². The Morgan fingerprint density at radius 2 is 2.00 bits per heavy atom. The fourth-order valence-corrected chi connectivity index (χ4v) is 3.85. The van der Waals surface area contributed by atoms with Gasteiger partial charge in [-0.25, -0.2) is 21.9 Å². The number of carbonyl (C=O) groups is 1. The molecule has 21 heavy (non-hydrogen) atoms. The average Bonchev–Trinajstić information content (AvgIpc) is 2.37. The molecule has 9 heteroatoms. The SMILES string of the molecule is CN(C)S(=O)(=O)CCCS(=O)c1cc(F)ccc1C(=O)O. The van der Waals surface area contributed by atoms with Crippen molar-refractivity contribution in [1.82, 2.24) is 4.31 Å². The van der Waals surface area contributed by atoms with Crippen LogP contribution in [0.5, 0.6) is 0 Å². The zero-order valence-corrected chi connectivity index (χ0v) is 13.2. The Morgan fingerprint density at radius 1 is 1.38 bits per heavy atom. The molecule has 0 heterocycles. The third kappa shape index (κ3) is 4.87. The van der Waals surface area contributed by atoms with Crippen molar-refractivity contribution < 1.29 is 26.9 Å². The summed E-state index contributed by atoms with van der Waals surface area (Å²) in [6, 6.07) is 2.92. The van der Waals surface area contributed by atoms with Gasteiger partial charge in [0.05, 0.1) is 27.0 Å². The number of carboxylic acids is 1. The standard InChI is InChI=1S/C12H16FNO5S2/c1-14(2)21(18,19)7-3-6-20(17)11-8-9(13)4-5-10(11)12(15)16/h4-5,8H,3,6-7H2,1-2H3,(H,15,16). The van der Waals surface area contributed by atoms with Crippen LogP contribution in [0, 0.1) is 5.82 Å². The second-order valence-electron chi connectivity index (χ2n) is 4.45. The van der Waals surface area contributed by atoms with Crippen LogP contribution in [0.2, 0.25) is 0 Å². The molecule has 0 saturated heterocycles. The van der Waals surface area contributed by atoms with E-state index in [1.807, 2.05) is 0 Å². The maximum atomic E-state index is 13.2. The average molecular weight is 337 g/mol. The third-order valence-electron chi connectivity index (χ3n) is 2.71. The highest BCUT2D eigenvalue weighted by molar-refractivity contribution is 7.89. The predicted octanol–water partition coefficient (Wildman–Crippen LogP) is 0.913. The van der Waals surface area contributed by atoms with Gasteiger partial charge in [-0.3, -0.25) is 4.21 Å². The molecule has 0 aliphatic carbocycles. The van der Waals surface area contributed by atoms with E-state index in [2.05, 4.69) is 0 Å². The fraction of sp³-hybridized carbons (Fsp3) is 0.417. The highest BCUT2D eigenvalue weighted by Crippen LogP contribution is 2.17. The Balaban J connectivity index is 2.82. The topological polar surface area (TPSA) is 91.8 Å². The van der Waals surface area contributed by atoms with E-state index in [0.717, 1.165) is 22.5 Å². The fourth-order valence-electron chi connectivity index (χ4n) is 1.53. The van der Waals surface area contributed by atoms with Crippen LogP contribution in [0.15, 0.2) is 23.1 Å². The molecular formula is C12H16FNO5S2. The van der Waals surface area contributed by atoms with Crippen LogP contribution >= 0.6 is 0 Å². The monoisotopic (exact) mass is 337 g/mol. The van der Waals surface area contributed by atoms with E-state index in [9.17, 15) is 21.8 Å². The smallest absolute Gasteiger partial charge is 0.336 e. The Bertz CT molecular complexity index is 658. The van der Waals surface area contributed by atoms with Gasteiger partial charge < -0.3 is 5.11 Å². The van der Waals surface area contributed by atoms with E-state index in [0.29, 0.717) is 0 Å². The summed E-state index contributed by atoms with van der Waals surface area (Å²) in [4.78, 5) is 10.9. The molecule has 6 nitrogen and oxygen atoms in total. The Labute approximate surface area is 125 Å². The quantitative estimate of drug-likeness (QED) is 0.798. The zero-order chi connectivity index (χ0) is 16.2. The minimum atomic E-state index is -3.40. The van der Waals surface area contributed by atoms with Gasteiger partial charge in [-0.05, 0) is 24.6 Å². The largest absolute Gasteiger partial charge is 0.478 e. The molecule has 1 rings (SSSR count). The van der Waals surface area contributed by atoms with Gasteiger partial charge in [-0.1, -0.05) is 0 Å². The second-order valence-corrected chi connectivity index (χ2v) is 8.29. The van der Waals surface area contributed by atoms with Crippen molar-refractivity contribution in [3.63, 3.8) is 0 Å². The Morgan fingerprint density at radius 3 is 2.52 bits per heavy atom. The highest BCUT2D eigenvalue weighted by atomic mass is 32.2. The molecule has 0 fully saturated rings. The predicted molar refractivity (Wildman–Crippen MR) is 76.7 cm³/mol. The molecular weight excluding hydrogens is 321 g/mol. The van der Waals surface area contributed by atoms with Crippen LogP contribution in [0.4, 0.5) is 4.39 Å². The van der Waals surface area contributed by atoms with Crippen molar-refractivity contribution in [2.24, 2.45) is 0 Å². The number of aromatic carboxylic acids is 1. The first-order chi connectivity index (χ1) is 9.65. The molecule has 118 valence electrons. The van der Waals surface area contributed by atoms with E-state index < -0.39 is 32.6 Å². The van der Waals surface area contributed by atoms with E-state index in [1.54, 1.807) is 0 Å². The summed E-state index contributed by atoms with van der Waals surface area (Å²) in [6.45, 7) is 0. The summed E-state index contributed by atoms with van der Waals surface area (Å²) < 4.78 is 49.4. The number of nitrogens with zero attached hydrogens (tertiary/aromatic N) is 1. The lowest BCUT2D eigenvalue weighted by atomic mass is 10.2. The van der Waals surface area contributed by atoms with Crippen molar-refractivity contribution in [1.29, 1.82) is 0 Å². The molecule has 1 unspecified atom stereocenters. The van der Waals surface area contributed by atoms with Crippen LogP contribution in [0.3, 0.4) is 0 Å². The van der Waals surface area contributed by atoms with Crippen molar-refractivity contribution in [3.8, 4) is 0 Å². The van der Waals surface area contributed by atoms with Crippen LogP contribution in [0.1, 0.15) is 16.8 Å². The van der Waals surface area contributed by atoms with Gasteiger partial charge in [0.25, 0.3) is 0 Å². The van der Waals surface area contributed by atoms with E-state index in [4.69, 9.17) is 5.11 Å². The molecule has 1 atom stereocenters. The molecule has 0 aliphatic heterocycles. The number of carboxylic acid groups (broad SMARTS) is 1. The van der Waals surface area contributed by atoms with Crippen LogP contribution in [-0.4, -0.2) is 53.6 Å². The number of hydrogen-bond acceptors (Lipinski definition) is 4. The summed E-state index contributed by atoms with van der Waals surface area (Å²) in [6.07, 6.45) is 0.0860. The minimum Gasteiger partial charge on any atom is -0.478 e. The molecule has 0 radical (unpaired) electrons. The molecule has 1 N–H and O–H groups in total. The van der Waals surface area contributed by atoms with Crippen molar-refractivity contribution in [2.45, 2.75) is 11.3 Å². The van der Waals surface area contributed by atoms with E-state index in [-0.39, 0.29) is 28.4 Å². The van der Waals surface area contributed by atoms with E-state index >= 15 is 0 Å². The lowest BCUT2D eigenvalue weighted by Gasteiger charge is -2.11. The molecule has 1 aromatic rings. The molecule has 0 saturated carbocycles. The molecule has 0 spiro atoms. The van der Waals surface area contributed by atoms with Crippen LogP contribution in [-0.2, 0) is 20.8 Å². The summed E-state index contributed by atoms with van der Waals surface area (Å²) in [5.41, 5.74) is -0.245. The Hall–Kier alpha value is -1.32.